The second kappa shape index (κ2) is 5.08. The number of terminal acetylenes is 1. The first-order valence-electron chi connectivity index (χ1n) is 5.12. The van der Waals surface area contributed by atoms with Crippen molar-refractivity contribution in [1.29, 1.82) is 0 Å². The van der Waals surface area contributed by atoms with Crippen LogP contribution in [0.3, 0.4) is 0 Å². The van der Waals surface area contributed by atoms with Crippen molar-refractivity contribution in [3.63, 3.8) is 0 Å². The van der Waals surface area contributed by atoms with E-state index < -0.39 is 0 Å². The van der Waals surface area contributed by atoms with Gasteiger partial charge < -0.3 is 14.8 Å². The van der Waals surface area contributed by atoms with Crippen LogP contribution in [0, 0.1) is 12.3 Å². The normalized spacial score (nSPS) is 13.7. The predicted molar refractivity (Wildman–Crippen MR) is 63.0 cm³/mol. The molecule has 0 unspecified atom stereocenters. The summed E-state index contributed by atoms with van der Waals surface area (Å²) in [5.74, 6) is 2.32. The molecule has 0 aromatic heterocycles. The Morgan fingerprint density at radius 2 is 2.29 bits per heavy atom. The molecule has 17 heavy (non-hydrogen) atoms. The lowest BCUT2D eigenvalue weighted by atomic mass is 10.2. The van der Waals surface area contributed by atoms with Gasteiger partial charge in [-0.15, -0.1) is 6.42 Å². The maximum absolute atomic E-state index is 11.7. The molecule has 0 bridgehead atoms. The van der Waals surface area contributed by atoms with Gasteiger partial charge in [-0.25, -0.2) is 0 Å². The Kier molecular flexibility index (Phi) is 3.31. The fraction of sp³-hybridized carbons (Fsp3) is 0.154. The smallest absolute Gasteiger partial charge is 0.294 e. The summed E-state index contributed by atoms with van der Waals surface area (Å²) in [6, 6.07) is 7.03. The first kappa shape index (κ1) is 11.1. The molecule has 1 aliphatic heterocycles. The Morgan fingerprint density at radius 3 is 3.00 bits per heavy atom. The lowest BCUT2D eigenvalue weighted by Crippen LogP contribution is -2.21. The van der Waals surface area contributed by atoms with E-state index in [1.165, 1.54) is 6.26 Å². The van der Waals surface area contributed by atoms with Gasteiger partial charge in [0, 0.05) is 11.3 Å². The first-order valence-corrected chi connectivity index (χ1v) is 5.12. The third-order valence-corrected chi connectivity index (χ3v) is 2.16. The number of amides is 1. The molecule has 0 fully saturated rings. The van der Waals surface area contributed by atoms with Crippen LogP contribution < -0.4 is 5.32 Å². The van der Waals surface area contributed by atoms with E-state index >= 15 is 0 Å². The standard InChI is InChI=1S/C13H11NO3/c1-2-10-4-3-5-11(8-10)14-13(15)12-9-16-6-7-17-12/h1,3-5,8-9H,6-7H2,(H,14,15). The lowest BCUT2D eigenvalue weighted by molar-refractivity contribution is -0.117. The molecular formula is C13H11NO3. The monoisotopic (exact) mass is 229 g/mol. The van der Waals surface area contributed by atoms with E-state index in [0.29, 0.717) is 24.5 Å². The molecule has 0 aliphatic carbocycles. The van der Waals surface area contributed by atoms with Crippen molar-refractivity contribution in [2.75, 3.05) is 18.5 Å². The molecule has 2 rings (SSSR count). The molecule has 0 saturated heterocycles. The van der Waals surface area contributed by atoms with Crippen molar-refractivity contribution in [2.45, 2.75) is 0 Å². The predicted octanol–water partition coefficient (Wildman–Crippen LogP) is 1.49. The molecule has 0 atom stereocenters. The zero-order chi connectivity index (χ0) is 12.1. The minimum atomic E-state index is -0.348. The SMILES string of the molecule is C#Cc1cccc(NC(=O)C2=COCCO2)c1. The Hall–Kier alpha value is -2.41. The first-order chi connectivity index (χ1) is 8.29. The maximum atomic E-state index is 11.7. The molecule has 1 aromatic rings. The van der Waals surface area contributed by atoms with Crippen LogP contribution in [-0.2, 0) is 14.3 Å². The van der Waals surface area contributed by atoms with Gasteiger partial charge in [0.1, 0.15) is 19.5 Å². The van der Waals surface area contributed by atoms with Gasteiger partial charge in [-0.2, -0.15) is 0 Å². The molecule has 0 radical (unpaired) electrons. The highest BCUT2D eigenvalue weighted by atomic mass is 16.6. The van der Waals surface area contributed by atoms with E-state index in [4.69, 9.17) is 15.9 Å². The number of anilines is 1. The maximum Gasteiger partial charge on any atom is 0.294 e. The molecular weight excluding hydrogens is 218 g/mol. The van der Waals surface area contributed by atoms with E-state index in [9.17, 15) is 4.79 Å². The van der Waals surface area contributed by atoms with E-state index in [-0.39, 0.29) is 11.7 Å². The largest absolute Gasteiger partial charge is 0.494 e. The number of ether oxygens (including phenoxy) is 2. The second-order valence-electron chi connectivity index (χ2n) is 3.38. The summed E-state index contributed by atoms with van der Waals surface area (Å²) in [4.78, 5) is 11.7. The second-order valence-corrected chi connectivity index (χ2v) is 3.38. The van der Waals surface area contributed by atoms with Crippen LogP contribution >= 0.6 is 0 Å². The average molecular weight is 229 g/mol. The highest BCUT2D eigenvalue weighted by molar-refractivity contribution is 6.02. The van der Waals surface area contributed by atoms with Crippen molar-refractivity contribution in [1.82, 2.24) is 0 Å². The quantitative estimate of drug-likeness (QED) is 0.782. The third-order valence-electron chi connectivity index (χ3n) is 2.16. The van der Waals surface area contributed by atoms with Crippen molar-refractivity contribution in [3.8, 4) is 12.3 Å². The summed E-state index contributed by atoms with van der Waals surface area (Å²) < 4.78 is 10.2. The molecule has 1 aliphatic rings. The fourth-order valence-corrected chi connectivity index (χ4v) is 1.37. The van der Waals surface area contributed by atoms with Crippen molar-refractivity contribution in [2.24, 2.45) is 0 Å². The molecule has 0 saturated carbocycles. The Labute approximate surface area is 99.2 Å². The summed E-state index contributed by atoms with van der Waals surface area (Å²) in [6.07, 6.45) is 6.58. The van der Waals surface area contributed by atoms with Crippen LogP contribution in [0.2, 0.25) is 0 Å². The summed E-state index contributed by atoms with van der Waals surface area (Å²) in [7, 11) is 0. The summed E-state index contributed by atoms with van der Waals surface area (Å²) in [6.45, 7) is 0.840. The van der Waals surface area contributed by atoms with Gasteiger partial charge in [0.05, 0.1) is 0 Å². The lowest BCUT2D eigenvalue weighted by Gasteiger charge is -2.15. The van der Waals surface area contributed by atoms with Crippen molar-refractivity contribution < 1.29 is 14.3 Å². The van der Waals surface area contributed by atoms with Crippen LogP contribution in [0.15, 0.2) is 36.3 Å². The number of carbonyl (C=O) groups excluding carboxylic acids is 1. The van der Waals surface area contributed by atoms with Crippen molar-refractivity contribution in [3.05, 3.63) is 41.9 Å². The van der Waals surface area contributed by atoms with Gasteiger partial charge in [0.2, 0.25) is 5.76 Å². The van der Waals surface area contributed by atoms with Crippen LogP contribution in [0.1, 0.15) is 5.56 Å². The average Bonchev–Trinajstić information content (AvgIpc) is 2.40. The Morgan fingerprint density at radius 1 is 1.41 bits per heavy atom. The van der Waals surface area contributed by atoms with Gasteiger partial charge in [-0.05, 0) is 18.2 Å². The minimum Gasteiger partial charge on any atom is -0.494 e. The fourth-order valence-electron chi connectivity index (χ4n) is 1.37. The van der Waals surface area contributed by atoms with Gasteiger partial charge >= 0.3 is 0 Å². The molecule has 86 valence electrons. The van der Waals surface area contributed by atoms with Gasteiger partial charge in [0.15, 0.2) is 0 Å². The number of hydrogen-bond donors (Lipinski definition) is 1. The topological polar surface area (TPSA) is 47.6 Å². The van der Waals surface area contributed by atoms with E-state index in [1.807, 2.05) is 0 Å². The molecule has 4 heteroatoms. The number of hydrogen-bond acceptors (Lipinski definition) is 3. The molecule has 4 nitrogen and oxygen atoms in total. The summed E-state index contributed by atoms with van der Waals surface area (Å²) in [5, 5.41) is 2.68. The van der Waals surface area contributed by atoms with Gasteiger partial charge in [-0.1, -0.05) is 12.0 Å². The minimum absolute atomic E-state index is 0.169. The van der Waals surface area contributed by atoms with E-state index in [0.717, 1.165) is 0 Å². The van der Waals surface area contributed by atoms with Crippen molar-refractivity contribution >= 4 is 11.6 Å². The molecule has 1 amide bonds. The molecule has 1 aromatic carbocycles. The molecule has 0 spiro atoms. The number of carbonyl (C=O) groups is 1. The van der Waals surface area contributed by atoms with Gasteiger partial charge in [0.25, 0.3) is 5.91 Å². The third kappa shape index (κ3) is 2.79. The van der Waals surface area contributed by atoms with Crippen LogP contribution in [0.25, 0.3) is 0 Å². The number of benzene rings is 1. The zero-order valence-electron chi connectivity index (χ0n) is 9.10. The Balaban J connectivity index is 2.07. The van der Waals surface area contributed by atoms with E-state index in [2.05, 4.69) is 11.2 Å². The molecule has 1 heterocycles. The van der Waals surface area contributed by atoms with Gasteiger partial charge in [-0.3, -0.25) is 4.79 Å². The zero-order valence-corrected chi connectivity index (χ0v) is 9.10. The number of rotatable bonds is 2. The van der Waals surface area contributed by atoms with Crippen LogP contribution in [0.4, 0.5) is 5.69 Å². The Bertz CT molecular complexity index is 500. The van der Waals surface area contributed by atoms with Crippen LogP contribution in [0.5, 0.6) is 0 Å². The van der Waals surface area contributed by atoms with E-state index in [1.54, 1.807) is 24.3 Å². The number of nitrogens with one attached hydrogen (secondary N) is 1. The summed E-state index contributed by atoms with van der Waals surface area (Å²) in [5.41, 5.74) is 1.33. The molecule has 1 N–H and O–H groups in total. The summed E-state index contributed by atoms with van der Waals surface area (Å²) >= 11 is 0. The highest BCUT2D eigenvalue weighted by Crippen LogP contribution is 2.12. The highest BCUT2D eigenvalue weighted by Gasteiger charge is 2.14. The van der Waals surface area contributed by atoms with Crippen LogP contribution in [-0.4, -0.2) is 19.1 Å².